The van der Waals surface area contributed by atoms with Crippen molar-refractivity contribution >= 4 is 17.4 Å². The van der Waals surface area contributed by atoms with Crippen molar-refractivity contribution in [3.63, 3.8) is 0 Å². The Kier molecular flexibility index (Phi) is 4.40. The van der Waals surface area contributed by atoms with E-state index in [0.29, 0.717) is 13.1 Å². The van der Waals surface area contributed by atoms with Gasteiger partial charge < -0.3 is 10.2 Å². The van der Waals surface area contributed by atoms with Gasteiger partial charge in [-0.05, 0) is 30.7 Å². The van der Waals surface area contributed by atoms with E-state index in [0.717, 1.165) is 25.5 Å². The molecule has 0 aromatic carbocycles. The molecule has 1 aromatic heterocycles. The lowest BCUT2D eigenvalue weighted by molar-refractivity contribution is -0.384. The fourth-order valence-electron chi connectivity index (χ4n) is 2.46. The van der Waals surface area contributed by atoms with Crippen molar-refractivity contribution in [2.24, 2.45) is 5.41 Å². The van der Waals surface area contributed by atoms with Crippen LogP contribution in [0.25, 0.3) is 0 Å². The third kappa shape index (κ3) is 3.90. The summed E-state index contributed by atoms with van der Waals surface area (Å²) in [5.74, 6) is 0. The highest BCUT2D eigenvalue weighted by molar-refractivity contribution is 5.91. The van der Waals surface area contributed by atoms with Crippen LogP contribution < -0.4 is 5.32 Å². The number of anilines is 1. The Morgan fingerprint density at radius 3 is 2.90 bits per heavy atom. The van der Waals surface area contributed by atoms with Gasteiger partial charge in [-0.1, -0.05) is 13.8 Å². The van der Waals surface area contributed by atoms with Crippen LogP contribution in [-0.4, -0.2) is 33.9 Å². The molecular weight excluding hydrogens is 272 g/mol. The first-order valence-corrected chi connectivity index (χ1v) is 7.03. The molecule has 2 rings (SSSR count). The predicted molar refractivity (Wildman–Crippen MR) is 79.1 cm³/mol. The van der Waals surface area contributed by atoms with E-state index >= 15 is 0 Å². The number of likely N-dealkylation sites (tertiary alicyclic amines) is 1. The molecule has 1 aliphatic rings. The quantitative estimate of drug-likeness (QED) is 0.670. The summed E-state index contributed by atoms with van der Waals surface area (Å²) in [6.07, 6.45) is 5.51. The first kappa shape index (κ1) is 15.2. The Morgan fingerprint density at radius 1 is 1.43 bits per heavy atom. The number of urea groups is 1. The van der Waals surface area contributed by atoms with Gasteiger partial charge in [0, 0.05) is 19.3 Å². The zero-order valence-corrected chi connectivity index (χ0v) is 12.3. The van der Waals surface area contributed by atoms with Crippen LogP contribution in [0.1, 0.15) is 33.1 Å². The van der Waals surface area contributed by atoms with E-state index in [1.165, 1.54) is 12.3 Å². The second-order valence-corrected chi connectivity index (χ2v) is 6.08. The van der Waals surface area contributed by atoms with Crippen LogP contribution >= 0.6 is 0 Å². The smallest absolute Gasteiger partial charge is 0.322 e. The van der Waals surface area contributed by atoms with Gasteiger partial charge in [0.05, 0.1) is 4.92 Å². The lowest BCUT2D eigenvalue weighted by atomic mass is 9.85. The summed E-state index contributed by atoms with van der Waals surface area (Å²) in [5, 5.41) is 13.5. The summed E-state index contributed by atoms with van der Waals surface area (Å²) in [5.41, 5.74) is 0.224. The number of hydrogen-bond donors (Lipinski definition) is 1. The number of amides is 2. The largest absolute Gasteiger partial charge is 0.325 e. The lowest BCUT2D eigenvalue weighted by Crippen LogP contribution is -2.36. The monoisotopic (exact) mass is 292 g/mol. The average molecular weight is 292 g/mol. The molecule has 7 nitrogen and oxygen atoms in total. The number of carbonyl (C=O) groups excluding carboxylic acids is 1. The van der Waals surface area contributed by atoms with E-state index in [1.54, 1.807) is 4.90 Å². The first-order valence-electron chi connectivity index (χ1n) is 7.03. The Labute approximate surface area is 123 Å². The minimum atomic E-state index is -0.547. The van der Waals surface area contributed by atoms with Crippen molar-refractivity contribution in [1.82, 2.24) is 9.88 Å². The van der Waals surface area contributed by atoms with Crippen molar-refractivity contribution in [2.45, 2.75) is 33.1 Å². The number of nitro groups is 1. The second-order valence-electron chi connectivity index (χ2n) is 6.08. The highest BCUT2D eigenvalue weighted by atomic mass is 16.6. The molecule has 1 saturated heterocycles. The number of carbonyl (C=O) groups is 1. The van der Waals surface area contributed by atoms with Gasteiger partial charge in [0.15, 0.2) is 0 Å². The highest BCUT2D eigenvalue weighted by Gasteiger charge is 2.26. The van der Waals surface area contributed by atoms with E-state index in [2.05, 4.69) is 24.1 Å². The van der Waals surface area contributed by atoms with Crippen LogP contribution in [0.3, 0.4) is 0 Å². The molecule has 2 heterocycles. The Morgan fingerprint density at radius 2 is 2.19 bits per heavy atom. The fraction of sp³-hybridized carbons (Fsp3) is 0.571. The maximum Gasteiger partial charge on any atom is 0.322 e. The lowest BCUT2D eigenvalue weighted by Gasteiger charge is -2.23. The Balaban J connectivity index is 2.06. The van der Waals surface area contributed by atoms with Crippen molar-refractivity contribution in [1.29, 1.82) is 0 Å². The van der Waals surface area contributed by atoms with Gasteiger partial charge in [0.2, 0.25) is 0 Å². The highest BCUT2D eigenvalue weighted by Crippen LogP contribution is 2.30. The molecule has 2 amide bonds. The second kappa shape index (κ2) is 6.07. The van der Waals surface area contributed by atoms with E-state index in [-0.39, 0.29) is 22.8 Å². The molecule has 1 aromatic rings. The van der Waals surface area contributed by atoms with Crippen molar-refractivity contribution < 1.29 is 9.72 Å². The van der Waals surface area contributed by atoms with Gasteiger partial charge in [-0.15, -0.1) is 0 Å². The van der Waals surface area contributed by atoms with Crippen molar-refractivity contribution in [3.8, 4) is 0 Å². The van der Waals surface area contributed by atoms with Crippen molar-refractivity contribution in [3.05, 3.63) is 28.6 Å². The zero-order valence-electron chi connectivity index (χ0n) is 12.3. The van der Waals surface area contributed by atoms with Gasteiger partial charge in [-0.3, -0.25) is 15.1 Å². The van der Waals surface area contributed by atoms with Gasteiger partial charge in [0.25, 0.3) is 0 Å². The maximum absolute atomic E-state index is 12.3. The molecule has 1 aliphatic heterocycles. The molecule has 1 fully saturated rings. The number of nitrogens with one attached hydrogen (secondary N) is 1. The van der Waals surface area contributed by atoms with Crippen LogP contribution in [-0.2, 0) is 0 Å². The predicted octanol–water partition coefficient (Wildman–Crippen LogP) is 3.03. The van der Waals surface area contributed by atoms with E-state index < -0.39 is 4.92 Å². The molecule has 0 atom stereocenters. The summed E-state index contributed by atoms with van der Waals surface area (Å²) in [7, 11) is 0. The topological polar surface area (TPSA) is 88.4 Å². The minimum absolute atomic E-state index is 0.184. The van der Waals surface area contributed by atoms with Gasteiger partial charge >= 0.3 is 11.7 Å². The Bertz CT molecular complexity index is 545. The molecule has 0 saturated carbocycles. The van der Waals surface area contributed by atoms with Gasteiger partial charge in [-0.2, -0.15) is 0 Å². The van der Waals surface area contributed by atoms with Gasteiger partial charge in [0.1, 0.15) is 11.9 Å². The molecular formula is C14H20N4O3. The summed E-state index contributed by atoms with van der Waals surface area (Å²) in [6, 6.07) is 1.15. The molecule has 0 unspecified atom stereocenters. The minimum Gasteiger partial charge on any atom is -0.325 e. The maximum atomic E-state index is 12.3. The van der Waals surface area contributed by atoms with E-state index in [1.807, 2.05) is 0 Å². The number of aromatic nitrogens is 1. The summed E-state index contributed by atoms with van der Waals surface area (Å²) in [4.78, 5) is 28.1. The van der Waals surface area contributed by atoms with Crippen LogP contribution in [0.4, 0.5) is 16.2 Å². The molecule has 0 bridgehead atoms. The third-order valence-corrected chi connectivity index (χ3v) is 3.87. The number of nitrogens with zero attached hydrogens (tertiary/aromatic N) is 3. The standard InChI is InChI=1S/C14H20N4O3/c1-14(2)5-3-8-17(9-6-14)13(19)16-11-4-7-15-10-12(11)18(20)21/h4,7,10H,3,5-6,8-9H2,1-2H3,(H,15,16,19). The molecule has 1 N–H and O–H groups in total. The number of rotatable bonds is 2. The SMILES string of the molecule is CC1(C)CCCN(C(=O)Nc2ccncc2[N+](=O)[O-])CC1. The van der Waals surface area contributed by atoms with Crippen LogP contribution in [0, 0.1) is 15.5 Å². The third-order valence-electron chi connectivity index (χ3n) is 3.87. The van der Waals surface area contributed by atoms with Crippen LogP contribution in [0.2, 0.25) is 0 Å². The van der Waals surface area contributed by atoms with Crippen LogP contribution in [0.15, 0.2) is 18.5 Å². The first-order chi connectivity index (χ1) is 9.89. The molecule has 0 aliphatic carbocycles. The molecule has 0 spiro atoms. The van der Waals surface area contributed by atoms with Gasteiger partial charge in [-0.25, -0.2) is 4.79 Å². The molecule has 0 radical (unpaired) electrons. The average Bonchev–Trinajstić information content (AvgIpc) is 2.60. The normalized spacial score (nSPS) is 17.9. The fourth-order valence-corrected chi connectivity index (χ4v) is 2.46. The zero-order chi connectivity index (χ0) is 15.5. The molecule has 21 heavy (non-hydrogen) atoms. The van der Waals surface area contributed by atoms with Crippen molar-refractivity contribution in [2.75, 3.05) is 18.4 Å². The summed E-state index contributed by atoms with van der Waals surface area (Å²) in [6.45, 7) is 5.73. The number of hydrogen-bond acceptors (Lipinski definition) is 4. The molecule has 114 valence electrons. The number of pyridine rings is 1. The van der Waals surface area contributed by atoms with E-state index in [9.17, 15) is 14.9 Å². The Hall–Kier alpha value is -2.18. The van der Waals surface area contributed by atoms with Crippen LogP contribution in [0.5, 0.6) is 0 Å². The molecule has 7 heteroatoms. The summed E-state index contributed by atoms with van der Waals surface area (Å²) >= 11 is 0. The van der Waals surface area contributed by atoms with E-state index in [4.69, 9.17) is 0 Å². The summed E-state index contributed by atoms with van der Waals surface area (Å²) < 4.78 is 0.